The summed E-state index contributed by atoms with van der Waals surface area (Å²) in [7, 11) is 4.52. The van der Waals surface area contributed by atoms with Crippen LogP contribution in [0.2, 0.25) is 0 Å². The van der Waals surface area contributed by atoms with Gasteiger partial charge in [-0.1, -0.05) is 42.5 Å². The number of benzene rings is 2. The number of allylic oxidation sites excluding steroid dienone is 1. The molecule has 1 aliphatic heterocycles. The van der Waals surface area contributed by atoms with Gasteiger partial charge in [-0.05, 0) is 29.3 Å². The monoisotopic (exact) mass is 480 g/mol. The molecule has 3 aliphatic rings. The van der Waals surface area contributed by atoms with E-state index in [4.69, 9.17) is 18.9 Å². The number of methoxy groups -OCH3 is 3. The van der Waals surface area contributed by atoms with Crippen molar-refractivity contribution in [1.29, 1.82) is 0 Å². The number of carboxylic acids is 1. The van der Waals surface area contributed by atoms with Crippen LogP contribution in [-0.2, 0) is 24.6 Å². The molecule has 8 heteroatoms. The third kappa shape index (κ3) is 3.07. The average Bonchev–Trinajstić information content (AvgIpc) is 3.26. The van der Waals surface area contributed by atoms with Crippen LogP contribution >= 0.6 is 0 Å². The highest BCUT2D eigenvalue weighted by Crippen LogP contribution is 2.68. The molecule has 1 heterocycles. The number of fused-ring (bicyclic) bond motifs is 3. The van der Waals surface area contributed by atoms with E-state index < -0.39 is 47.1 Å². The summed E-state index contributed by atoms with van der Waals surface area (Å²) in [6.45, 7) is 0. The van der Waals surface area contributed by atoms with Gasteiger partial charge in [-0.15, -0.1) is 0 Å². The van der Waals surface area contributed by atoms with Gasteiger partial charge in [-0.2, -0.15) is 0 Å². The van der Waals surface area contributed by atoms with Crippen LogP contribution in [0.15, 0.2) is 78.3 Å². The van der Waals surface area contributed by atoms with Crippen LogP contribution in [-0.4, -0.2) is 60.4 Å². The lowest BCUT2D eigenvalue weighted by atomic mass is 9.67. The van der Waals surface area contributed by atoms with Crippen LogP contribution < -0.4 is 4.74 Å². The Labute approximate surface area is 203 Å². The SMILES string of the molecule is COC1=CC2OC3(c4ccc(OC)cc4)C(c4ccccc4)C(C(=O)O)C(O)C3(O)C2C(OC)=C1. The lowest BCUT2D eigenvalue weighted by Crippen LogP contribution is -2.57. The normalized spacial score (nSPS) is 35.4. The van der Waals surface area contributed by atoms with E-state index in [9.17, 15) is 20.1 Å². The van der Waals surface area contributed by atoms with Crippen molar-refractivity contribution in [2.24, 2.45) is 11.8 Å². The number of hydrogen-bond acceptors (Lipinski definition) is 7. The first kappa shape index (κ1) is 23.4. The lowest BCUT2D eigenvalue weighted by molar-refractivity contribution is -0.164. The first-order valence-corrected chi connectivity index (χ1v) is 11.3. The second-order valence-electron chi connectivity index (χ2n) is 9.07. The van der Waals surface area contributed by atoms with Crippen molar-refractivity contribution >= 4 is 5.97 Å². The topological polar surface area (TPSA) is 115 Å². The number of rotatable bonds is 6. The van der Waals surface area contributed by atoms with Crippen LogP contribution in [0.3, 0.4) is 0 Å². The van der Waals surface area contributed by atoms with Gasteiger partial charge in [0.05, 0.1) is 39.3 Å². The molecular formula is C27H28O8. The molecule has 2 fully saturated rings. The van der Waals surface area contributed by atoms with Crippen molar-refractivity contribution in [3.05, 3.63) is 89.4 Å². The van der Waals surface area contributed by atoms with Gasteiger partial charge in [0.1, 0.15) is 34.6 Å². The van der Waals surface area contributed by atoms with Crippen molar-refractivity contribution in [2.75, 3.05) is 21.3 Å². The lowest BCUT2D eigenvalue weighted by Gasteiger charge is -2.42. The summed E-state index contributed by atoms with van der Waals surface area (Å²) in [5.74, 6) is -2.96. The largest absolute Gasteiger partial charge is 0.500 e. The fraction of sp³-hybridized carbons (Fsp3) is 0.370. The zero-order valence-corrected chi connectivity index (χ0v) is 19.6. The highest BCUT2D eigenvalue weighted by molar-refractivity contribution is 5.75. The van der Waals surface area contributed by atoms with E-state index >= 15 is 0 Å². The quantitative estimate of drug-likeness (QED) is 0.578. The van der Waals surface area contributed by atoms with E-state index in [0.29, 0.717) is 28.4 Å². The zero-order chi connectivity index (χ0) is 25.0. The number of ether oxygens (including phenoxy) is 4. The number of carbonyl (C=O) groups is 1. The van der Waals surface area contributed by atoms with Gasteiger partial charge in [0.25, 0.3) is 0 Å². The minimum absolute atomic E-state index is 0.337. The third-order valence-corrected chi connectivity index (χ3v) is 7.66. The first-order chi connectivity index (χ1) is 16.8. The molecule has 2 aromatic rings. The predicted molar refractivity (Wildman–Crippen MR) is 124 cm³/mol. The van der Waals surface area contributed by atoms with Crippen molar-refractivity contribution < 1.29 is 39.1 Å². The van der Waals surface area contributed by atoms with Gasteiger partial charge < -0.3 is 34.3 Å². The molecule has 0 bridgehead atoms. The second kappa shape index (κ2) is 8.41. The molecule has 0 amide bonds. The molecule has 5 rings (SSSR count). The molecule has 35 heavy (non-hydrogen) atoms. The molecule has 2 aromatic carbocycles. The van der Waals surface area contributed by atoms with Crippen LogP contribution in [0.5, 0.6) is 5.75 Å². The van der Waals surface area contributed by atoms with Crippen LogP contribution in [0.4, 0.5) is 0 Å². The average molecular weight is 481 g/mol. The summed E-state index contributed by atoms with van der Waals surface area (Å²) in [4.78, 5) is 12.6. The molecule has 2 aliphatic carbocycles. The summed E-state index contributed by atoms with van der Waals surface area (Å²) in [5.41, 5.74) is -2.53. The minimum Gasteiger partial charge on any atom is -0.500 e. The number of aliphatic carboxylic acids is 1. The van der Waals surface area contributed by atoms with E-state index in [0.717, 1.165) is 0 Å². The molecule has 0 aromatic heterocycles. The van der Waals surface area contributed by atoms with Gasteiger partial charge in [0.2, 0.25) is 0 Å². The van der Waals surface area contributed by atoms with Crippen molar-refractivity contribution in [3.63, 3.8) is 0 Å². The van der Waals surface area contributed by atoms with E-state index in [1.165, 1.54) is 14.2 Å². The van der Waals surface area contributed by atoms with Crippen molar-refractivity contribution in [1.82, 2.24) is 0 Å². The molecule has 7 unspecified atom stereocenters. The Morgan fingerprint density at radius 3 is 2.20 bits per heavy atom. The van der Waals surface area contributed by atoms with Crippen LogP contribution in [0.25, 0.3) is 0 Å². The van der Waals surface area contributed by atoms with Gasteiger partial charge in [-0.3, -0.25) is 4.79 Å². The highest BCUT2D eigenvalue weighted by atomic mass is 16.6. The number of aliphatic hydroxyl groups is 2. The van der Waals surface area contributed by atoms with Crippen molar-refractivity contribution in [2.45, 2.75) is 29.3 Å². The number of hydrogen-bond donors (Lipinski definition) is 3. The number of aliphatic hydroxyl groups excluding tert-OH is 1. The summed E-state index contributed by atoms with van der Waals surface area (Å²) < 4.78 is 23.1. The van der Waals surface area contributed by atoms with Gasteiger partial charge in [-0.25, -0.2) is 0 Å². The maximum Gasteiger partial charge on any atom is 0.310 e. The van der Waals surface area contributed by atoms with Crippen LogP contribution in [0.1, 0.15) is 17.0 Å². The summed E-state index contributed by atoms with van der Waals surface area (Å²) in [6.07, 6.45) is 0.940. The van der Waals surface area contributed by atoms with Crippen molar-refractivity contribution in [3.8, 4) is 5.75 Å². The predicted octanol–water partition coefficient (Wildman–Crippen LogP) is 2.57. The van der Waals surface area contributed by atoms with E-state index in [-0.39, 0.29) is 0 Å². The second-order valence-corrected chi connectivity index (χ2v) is 9.07. The minimum atomic E-state index is -2.05. The Bertz CT molecular complexity index is 1170. The van der Waals surface area contributed by atoms with E-state index in [2.05, 4.69) is 0 Å². The zero-order valence-electron chi connectivity index (χ0n) is 19.6. The summed E-state index contributed by atoms with van der Waals surface area (Å²) in [5, 5.41) is 34.5. The molecule has 8 nitrogen and oxygen atoms in total. The maximum atomic E-state index is 12.6. The van der Waals surface area contributed by atoms with Gasteiger partial charge in [0.15, 0.2) is 0 Å². The highest BCUT2D eigenvalue weighted by Gasteiger charge is 2.80. The summed E-state index contributed by atoms with van der Waals surface area (Å²) in [6, 6.07) is 15.9. The number of carboxylic acid groups (broad SMARTS) is 1. The summed E-state index contributed by atoms with van der Waals surface area (Å²) >= 11 is 0. The Morgan fingerprint density at radius 1 is 0.943 bits per heavy atom. The Balaban J connectivity index is 1.82. The molecule has 0 spiro atoms. The fourth-order valence-corrected chi connectivity index (χ4v) is 6.25. The standard InChI is InChI=1S/C27H28O8/c1-32-17-11-9-16(10-12-17)27-22(15-7-5-4-6-8-15)21(25(29)30)24(28)26(27,31)23-19(34-3)13-18(33-2)14-20(23)35-27/h4-14,20-24,28,31H,1-3H3,(H,29,30). The van der Waals surface area contributed by atoms with Crippen LogP contribution in [0, 0.1) is 11.8 Å². The molecule has 0 radical (unpaired) electrons. The first-order valence-electron chi connectivity index (χ1n) is 11.3. The molecule has 184 valence electrons. The molecule has 1 saturated heterocycles. The molecule has 7 atom stereocenters. The Kier molecular flexibility index (Phi) is 5.62. The smallest absolute Gasteiger partial charge is 0.310 e. The third-order valence-electron chi connectivity index (χ3n) is 7.66. The van der Waals surface area contributed by atoms with E-state index in [1.54, 1.807) is 67.8 Å². The van der Waals surface area contributed by atoms with Gasteiger partial charge in [0, 0.05) is 12.0 Å². The fourth-order valence-electron chi connectivity index (χ4n) is 6.25. The van der Waals surface area contributed by atoms with Gasteiger partial charge >= 0.3 is 5.97 Å². The van der Waals surface area contributed by atoms with E-state index in [1.807, 2.05) is 6.07 Å². The molecular weight excluding hydrogens is 452 g/mol. The molecule has 3 N–H and O–H groups in total. The maximum absolute atomic E-state index is 12.6. The Morgan fingerprint density at radius 2 is 1.63 bits per heavy atom. The Hall–Kier alpha value is -3.33. The molecule has 1 saturated carbocycles.